The van der Waals surface area contributed by atoms with Crippen LogP contribution in [-0.2, 0) is 16.0 Å². The minimum Gasteiger partial charge on any atom is -0.480 e. The number of aliphatic carboxylic acids is 1. The summed E-state index contributed by atoms with van der Waals surface area (Å²) in [7, 11) is 0. The molecule has 10 heteroatoms. The van der Waals surface area contributed by atoms with Crippen LogP contribution in [0.15, 0.2) is 30.3 Å². The predicted octanol–water partition coefficient (Wildman–Crippen LogP) is 4.11. The zero-order valence-corrected chi connectivity index (χ0v) is 20.5. The van der Waals surface area contributed by atoms with Crippen LogP contribution in [0.2, 0.25) is 0 Å². The highest BCUT2D eigenvalue weighted by molar-refractivity contribution is 7.14. The number of hydrogen-bond donors (Lipinski definition) is 4. The van der Waals surface area contributed by atoms with Crippen molar-refractivity contribution >= 4 is 35.0 Å². The van der Waals surface area contributed by atoms with Crippen LogP contribution in [0.3, 0.4) is 0 Å². The topological polar surface area (TPSA) is 143 Å². The quantitative estimate of drug-likeness (QED) is 0.176. The van der Waals surface area contributed by atoms with Crippen molar-refractivity contribution in [3.63, 3.8) is 0 Å². The molecule has 0 saturated heterocycles. The molecule has 1 aromatic heterocycles. The third kappa shape index (κ3) is 6.66. The first-order valence-corrected chi connectivity index (χ1v) is 12.3. The normalized spacial score (nSPS) is 15.3. The molecule has 1 aliphatic carbocycles. The molecule has 1 atom stereocenters. The van der Waals surface area contributed by atoms with E-state index in [1.54, 1.807) is 26.0 Å². The van der Waals surface area contributed by atoms with Crippen molar-refractivity contribution in [3.05, 3.63) is 51.5 Å². The van der Waals surface area contributed by atoms with Crippen LogP contribution in [0.25, 0.3) is 0 Å². The zero-order valence-electron chi connectivity index (χ0n) is 19.7. The smallest absolute Gasteiger partial charge is 0.353 e. The van der Waals surface area contributed by atoms with E-state index in [2.05, 4.69) is 5.32 Å². The van der Waals surface area contributed by atoms with Crippen molar-refractivity contribution in [1.82, 2.24) is 5.32 Å². The molecule has 1 unspecified atom stereocenters. The highest BCUT2D eigenvalue weighted by Gasteiger charge is 2.36. The van der Waals surface area contributed by atoms with E-state index in [-0.39, 0.29) is 40.3 Å². The molecule has 0 spiro atoms. The number of nitrogen functional groups attached to an aromatic ring is 1. The molecule has 35 heavy (non-hydrogen) atoms. The maximum absolute atomic E-state index is 14.2. The molecule has 188 valence electrons. The van der Waals surface area contributed by atoms with Gasteiger partial charge < -0.3 is 20.9 Å². The number of nitrogens with two attached hydrogens (primary N) is 1. The standard InChI is InChI=1S/C25H30FN3O5S/c1-25(2,24(33)29-20(22(30)31)14-6-4-3-5-7-14)13-16-9-11-19(35-16)23(32)34-18-10-8-15(21(27)28)12-17(18)26/h8-12,14,20H,3-7,13H2,1-2H3,(H3,27,28)(H,29,33)(H,30,31). The van der Waals surface area contributed by atoms with Gasteiger partial charge in [0.25, 0.3) is 0 Å². The van der Waals surface area contributed by atoms with Crippen molar-refractivity contribution in [3.8, 4) is 5.75 Å². The first-order valence-electron chi connectivity index (χ1n) is 11.5. The van der Waals surface area contributed by atoms with E-state index >= 15 is 0 Å². The number of carboxylic acid groups (broad SMARTS) is 1. The summed E-state index contributed by atoms with van der Waals surface area (Å²) in [5.74, 6) is -3.60. The Morgan fingerprint density at radius 3 is 2.51 bits per heavy atom. The Bertz CT molecular complexity index is 1120. The molecule has 2 aromatic rings. The number of carboxylic acids is 1. The lowest BCUT2D eigenvalue weighted by molar-refractivity contribution is -0.145. The lowest BCUT2D eigenvalue weighted by Gasteiger charge is -2.31. The maximum Gasteiger partial charge on any atom is 0.353 e. The van der Waals surface area contributed by atoms with Gasteiger partial charge in [-0.2, -0.15) is 0 Å². The number of thiophene rings is 1. The summed E-state index contributed by atoms with van der Waals surface area (Å²) in [6, 6.07) is 5.95. The van der Waals surface area contributed by atoms with E-state index in [4.69, 9.17) is 15.9 Å². The number of esters is 1. The van der Waals surface area contributed by atoms with E-state index in [0.29, 0.717) is 0 Å². The van der Waals surface area contributed by atoms with Crippen LogP contribution in [-0.4, -0.2) is 34.8 Å². The van der Waals surface area contributed by atoms with Crippen molar-refractivity contribution in [1.29, 1.82) is 5.41 Å². The predicted molar refractivity (Wildman–Crippen MR) is 130 cm³/mol. The highest BCUT2D eigenvalue weighted by Crippen LogP contribution is 2.30. The van der Waals surface area contributed by atoms with Crippen molar-refractivity contribution < 1.29 is 28.6 Å². The summed E-state index contributed by atoms with van der Waals surface area (Å²) in [4.78, 5) is 38.3. The van der Waals surface area contributed by atoms with E-state index < -0.39 is 29.2 Å². The molecule has 0 aliphatic heterocycles. The Hall–Kier alpha value is -3.27. The number of amides is 1. The number of halogens is 1. The van der Waals surface area contributed by atoms with Gasteiger partial charge in [0.15, 0.2) is 11.6 Å². The van der Waals surface area contributed by atoms with Crippen LogP contribution < -0.4 is 15.8 Å². The molecular formula is C25H30FN3O5S. The van der Waals surface area contributed by atoms with Gasteiger partial charge in [-0.05, 0) is 55.5 Å². The maximum atomic E-state index is 14.2. The second-order valence-electron chi connectivity index (χ2n) is 9.46. The lowest BCUT2D eigenvalue weighted by Crippen LogP contribution is -2.51. The van der Waals surface area contributed by atoms with Gasteiger partial charge in [-0.15, -0.1) is 11.3 Å². The molecule has 1 heterocycles. The fourth-order valence-electron chi connectivity index (χ4n) is 4.19. The zero-order chi connectivity index (χ0) is 25.8. The van der Waals surface area contributed by atoms with E-state index in [1.165, 1.54) is 12.1 Å². The SMILES string of the molecule is CC(C)(Cc1ccc(C(=O)Oc2ccc(C(=N)N)cc2F)s1)C(=O)NC(C(=O)O)C1CCCCC1. The van der Waals surface area contributed by atoms with Gasteiger partial charge >= 0.3 is 11.9 Å². The molecule has 1 amide bonds. The van der Waals surface area contributed by atoms with Gasteiger partial charge in [0.05, 0.1) is 0 Å². The summed E-state index contributed by atoms with van der Waals surface area (Å²) in [5, 5.41) is 19.7. The van der Waals surface area contributed by atoms with Gasteiger partial charge in [0.2, 0.25) is 5.91 Å². The number of carbonyl (C=O) groups excluding carboxylic acids is 2. The van der Waals surface area contributed by atoms with Crippen LogP contribution in [0, 0.1) is 22.6 Å². The summed E-state index contributed by atoms with van der Waals surface area (Å²) >= 11 is 1.12. The van der Waals surface area contributed by atoms with Gasteiger partial charge in [-0.25, -0.2) is 14.0 Å². The van der Waals surface area contributed by atoms with Gasteiger partial charge in [-0.1, -0.05) is 33.1 Å². The third-order valence-corrected chi connectivity index (χ3v) is 7.28. The second-order valence-corrected chi connectivity index (χ2v) is 10.6. The molecule has 3 rings (SSSR count). The van der Waals surface area contributed by atoms with E-state index in [9.17, 15) is 23.9 Å². The van der Waals surface area contributed by atoms with E-state index in [1.807, 2.05) is 0 Å². The van der Waals surface area contributed by atoms with Gasteiger partial charge in [0, 0.05) is 15.9 Å². The number of amidine groups is 1. The minimum atomic E-state index is -1.02. The Balaban J connectivity index is 1.64. The number of benzene rings is 1. The molecule has 0 radical (unpaired) electrons. The average molecular weight is 504 g/mol. The Morgan fingerprint density at radius 2 is 1.91 bits per heavy atom. The fraction of sp³-hybridized carbons (Fsp3) is 0.440. The second kappa shape index (κ2) is 11.0. The number of hydrogen-bond acceptors (Lipinski definition) is 6. The molecular weight excluding hydrogens is 473 g/mol. The van der Waals surface area contributed by atoms with E-state index in [0.717, 1.165) is 54.4 Å². The molecule has 1 fully saturated rings. The third-order valence-electron chi connectivity index (χ3n) is 6.21. The van der Waals surface area contributed by atoms with Crippen LogP contribution in [0.5, 0.6) is 5.75 Å². The highest BCUT2D eigenvalue weighted by atomic mass is 32.1. The summed E-state index contributed by atoms with van der Waals surface area (Å²) in [6.45, 7) is 3.46. The monoisotopic (exact) mass is 503 g/mol. The van der Waals surface area contributed by atoms with Gasteiger partial charge in [0.1, 0.15) is 16.8 Å². The Morgan fingerprint density at radius 1 is 1.23 bits per heavy atom. The largest absolute Gasteiger partial charge is 0.480 e. The van der Waals surface area contributed by atoms with Crippen LogP contribution in [0.1, 0.15) is 66.1 Å². The van der Waals surface area contributed by atoms with Crippen LogP contribution >= 0.6 is 11.3 Å². The number of nitrogens with one attached hydrogen (secondary N) is 2. The first-order chi connectivity index (χ1) is 16.5. The minimum absolute atomic E-state index is 0.0750. The van der Waals surface area contributed by atoms with Crippen molar-refractivity contribution in [2.45, 2.75) is 58.4 Å². The van der Waals surface area contributed by atoms with Crippen LogP contribution in [0.4, 0.5) is 4.39 Å². The molecule has 0 bridgehead atoms. The van der Waals surface area contributed by atoms with Crippen molar-refractivity contribution in [2.75, 3.05) is 0 Å². The molecule has 1 aliphatic rings. The summed E-state index contributed by atoms with van der Waals surface area (Å²) < 4.78 is 19.3. The molecule has 1 aromatic carbocycles. The summed E-state index contributed by atoms with van der Waals surface area (Å²) in [6.07, 6.45) is 4.87. The number of carbonyl (C=O) groups is 3. The lowest BCUT2D eigenvalue weighted by atomic mass is 9.82. The first kappa shape index (κ1) is 26.3. The average Bonchev–Trinajstić information content (AvgIpc) is 3.26. The molecule has 1 saturated carbocycles. The number of rotatable bonds is 9. The molecule has 8 nitrogen and oxygen atoms in total. The van der Waals surface area contributed by atoms with Crippen molar-refractivity contribution in [2.24, 2.45) is 17.1 Å². The Labute approximate surface area is 207 Å². The number of ether oxygens (including phenoxy) is 1. The fourth-order valence-corrected chi connectivity index (χ4v) is 5.30. The Kier molecular flexibility index (Phi) is 8.26. The van der Waals surface area contributed by atoms with Gasteiger partial charge in [-0.3, -0.25) is 10.2 Å². The molecule has 5 N–H and O–H groups in total. The summed E-state index contributed by atoms with van der Waals surface area (Å²) in [5.41, 5.74) is 4.59.